The summed E-state index contributed by atoms with van der Waals surface area (Å²) in [6.45, 7) is 4.89. The lowest BCUT2D eigenvalue weighted by Gasteiger charge is -2.03. The van der Waals surface area contributed by atoms with E-state index in [-0.39, 0.29) is 5.91 Å². The minimum Gasteiger partial charge on any atom is -0.352 e. The molecule has 0 fully saturated rings. The van der Waals surface area contributed by atoms with E-state index in [2.05, 4.69) is 29.5 Å². The van der Waals surface area contributed by atoms with Gasteiger partial charge in [0.05, 0.1) is 10.7 Å². The normalized spacial score (nSPS) is 10.7. The Morgan fingerprint density at radius 2 is 2.05 bits per heavy atom. The van der Waals surface area contributed by atoms with E-state index in [1.807, 2.05) is 30.3 Å². The van der Waals surface area contributed by atoms with Crippen molar-refractivity contribution in [3.8, 4) is 0 Å². The van der Waals surface area contributed by atoms with Crippen LogP contribution in [0, 0.1) is 0 Å². The highest BCUT2D eigenvalue weighted by atomic mass is 32.1. The standard InChI is InChI=1S/C15H18N2OS/c1-11(2)13-10-19-14(17-13)8-9-16-15(18)12-6-4-3-5-7-12/h3-7,10-11H,8-9H2,1-2H3,(H,16,18). The van der Waals surface area contributed by atoms with Gasteiger partial charge in [0.2, 0.25) is 0 Å². The minimum atomic E-state index is -0.0266. The summed E-state index contributed by atoms with van der Waals surface area (Å²) in [6.07, 6.45) is 0.788. The lowest BCUT2D eigenvalue weighted by Crippen LogP contribution is -2.25. The number of nitrogens with zero attached hydrogens (tertiary/aromatic N) is 1. The number of carbonyl (C=O) groups excluding carboxylic acids is 1. The highest BCUT2D eigenvalue weighted by Crippen LogP contribution is 2.17. The Hall–Kier alpha value is -1.68. The predicted molar refractivity (Wildman–Crippen MR) is 78.7 cm³/mol. The van der Waals surface area contributed by atoms with Crippen LogP contribution in [-0.2, 0) is 6.42 Å². The van der Waals surface area contributed by atoms with Crippen molar-refractivity contribution in [3.05, 3.63) is 52.0 Å². The number of carbonyl (C=O) groups is 1. The van der Waals surface area contributed by atoms with Gasteiger partial charge in [0.15, 0.2) is 0 Å². The molecule has 2 aromatic rings. The number of aromatic nitrogens is 1. The highest BCUT2D eigenvalue weighted by molar-refractivity contribution is 7.09. The van der Waals surface area contributed by atoms with Crippen LogP contribution in [0.25, 0.3) is 0 Å². The molecule has 0 saturated heterocycles. The van der Waals surface area contributed by atoms with Gasteiger partial charge in [-0.3, -0.25) is 4.79 Å². The van der Waals surface area contributed by atoms with E-state index in [1.165, 1.54) is 0 Å². The third kappa shape index (κ3) is 3.89. The summed E-state index contributed by atoms with van der Waals surface area (Å²) in [5.41, 5.74) is 1.83. The average Bonchev–Trinajstić information content (AvgIpc) is 2.89. The largest absolute Gasteiger partial charge is 0.352 e. The molecule has 1 N–H and O–H groups in total. The van der Waals surface area contributed by atoms with Crippen molar-refractivity contribution >= 4 is 17.2 Å². The maximum Gasteiger partial charge on any atom is 0.251 e. The molecule has 0 atom stereocenters. The second-order valence-corrected chi connectivity index (χ2v) is 5.64. The van der Waals surface area contributed by atoms with E-state index in [4.69, 9.17) is 0 Å². The van der Waals surface area contributed by atoms with Crippen LogP contribution in [-0.4, -0.2) is 17.4 Å². The average molecular weight is 274 g/mol. The van der Waals surface area contributed by atoms with E-state index in [9.17, 15) is 4.79 Å². The maximum atomic E-state index is 11.8. The summed E-state index contributed by atoms with van der Waals surface area (Å²) in [5, 5.41) is 6.09. The Morgan fingerprint density at radius 1 is 1.32 bits per heavy atom. The van der Waals surface area contributed by atoms with Crippen molar-refractivity contribution in [2.75, 3.05) is 6.54 Å². The number of rotatable bonds is 5. The number of hydrogen-bond acceptors (Lipinski definition) is 3. The topological polar surface area (TPSA) is 42.0 Å². The number of hydrogen-bond donors (Lipinski definition) is 1. The molecule has 0 saturated carbocycles. The van der Waals surface area contributed by atoms with E-state index in [0.717, 1.165) is 17.1 Å². The van der Waals surface area contributed by atoms with Crippen molar-refractivity contribution in [1.82, 2.24) is 10.3 Å². The molecule has 0 radical (unpaired) electrons. The molecule has 0 spiro atoms. The number of nitrogens with one attached hydrogen (secondary N) is 1. The van der Waals surface area contributed by atoms with Crippen molar-refractivity contribution in [1.29, 1.82) is 0 Å². The molecule has 19 heavy (non-hydrogen) atoms. The zero-order valence-electron chi connectivity index (χ0n) is 11.2. The summed E-state index contributed by atoms with van der Waals surface area (Å²) in [7, 11) is 0. The molecule has 0 aliphatic rings. The first-order valence-corrected chi connectivity index (χ1v) is 7.32. The molecule has 1 heterocycles. The van der Waals surface area contributed by atoms with Crippen LogP contribution in [0.4, 0.5) is 0 Å². The van der Waals surface area contributed by atoms with Gasteiger partial charge in [-0.1, -0.05) is 32.0 Å². The second kappa shape index (κ2) is 6.48. The summed E-state index contributed by atoms with van der Waals surface area (Å²) >= 11 is 1.66. The quantitative estimate of drug-likeness (QED) is 0.909. The van der Waals surface area contributed by atoms with E-state index >= 15 is 0 Å². The van der Waals surface area contributed by atoms with E-state index in [1.54, 1.807) is 11.3 Å². The summed E-state index contributed by atoms with van der Waals surface area (Å²) in [5.74, 6) is 0.435. The Labute approximate surface area is 117 Å². The van der Waals surface area contributed by atoms with Crippen LogP contribution in [0.3, 0.4) is 0 Å². The van der Waals surface area contributed by atoms with Crippen LogP contribution in [0.5, 0.6) is 0 Å². The van der Waals surface area contributed by atoms with Crippen LogP contribution in [0.1, 0.15) is 40.8 Å². The molecule has 3 nitrogen and oxygen atoms in total. The van der Waals surface area contributed by atoms with Crippen LogP contribution >= 0.6 is 11.3 Å². The number of thiazole rings is 1. The predicted octanol–water partition coefficient (Wildman–Crippen LogP) is 3.24. The Morgan fingerprint density at radius 3 is 2.68 bits per heavy atom. The summed E-state index contributed by atoms with van der Waals surface area (Å²) in [4.78, 5) is 16.4. The van der Waals surface area contributed by atoms with Crippen molar-refractivity contribution in [3.63, 3.8) is 0 Å². The van der Waals surface area contributed by atoms with Gasteiger partial charge < -0.3 is 5.32 Å². The van der Waals surface area contributed by atoms with Crippen molar-refractivity contribution in [2.45, 2.75) is 26.2 Å². The first kappa shape index (κ1) is 13.7. The molecule has 0 bridgehead atoms. The van der Waals surface area contributed by atoms with Gasteiger partial charge in [0, 0.05) is 23.9 Å². The Kier molecular flexibility index (Phi) is 4.68. The van der Waals surface area contributed by atoms with Crippen molar-refractivity contribution < 1.29 is 4.79 Å². The third-order valence-electron chi connectivity index (χ3n) is 2.82. The highest BCUT2D eigenvalue weighted by Gasteiger charge is 2.07. The Balaban J connectivity index is 1.81. The number of amides is 1. The van der Waals surface area contributed by atoms with E-state index in [0.29, 0.717) is 18.0 Å². The first-order valence-electron chi connectivity index (χ1n) is 6.44. The SMILES string of the molecule is CC(C)c1csc(CCNC(=O)c2ccccc2)n1. The third-order valence-corrected chi connectivity index (χ3v) is 3.75. The fraction of sp³-hybridized carbons (Fsp3) is 0.333. The fourth-order valence-corrected chi connectivity index (χ4v) is 2.64. The van der Waals surface area contributed by atoms with E-state index < -0.39 is 0 Å². The zero-order valence-corrected chi connectivity index (χ0v) is 12.0. The fourth-order valence-electron chi connectivity index (χ4n) is 1.68. The van der Waals surface area contributed by atoms with Gasteiger partial charge in [-0.15, -0.1) is 11.3 Å². The smallest absolute Gasteiger partial charge is 0.251 e. The van der Waals surface area contributed by atoms with Gasteiger partial charge in [0.1, 0.15) is 0 Å². The van der Waals surface area contributed by atoms with Crippen LogP contribution < -0.4 is 5.32 Å². The molecule has 100 valence electrons. The van der Waals surface area contributed by atoms with Gasteiger partial charge >= 0.3 is 0 Å². The van der Waals surface area contributed by atoms with Crippen molar-refractivity contribution in [2.24, 2.45) is 0 Å². The lowest BCUT2D eigenvalue weighted by atomic mass is 10.2. The Bertz CT molecular complexity index is 534. The van der Waals surface area contributed by atoms with Gasteiger partial charge in [-0.25, -0.2) is 4.98 Å². The molecule has 1 amide bonds. The maximum absolute atomic E-state index is 11.8. The molecule has 2 rings (SSSR count). The molecule has 1 aromatic carbocycles. The molecule has 0 aliphatic heterocycles. The van der Waals surface area contributed by atoms with Crippen LogP contribution in [0.2, 0.25) is 0 Å². The minimum absolute atomic E-state index is 0.0266. The molecular weight excluding hydrogens is 256 g/mol. The summed E-state index contributed by atoms with van der Waals surface area (Å²) < 4.78 is 0. The molecule has 0 aliphatic carbocycles. The number of benzene rings is 1. The van der Waals surface area contributed by atoms with Gasteiger partial charge in [-0.05, 0) is 18.1 Å². The molecular formula is C15H18N2OS. The molecule has 0 unspecified atom stereocenters. The monoisotopic (exact) mass is 274 g/mol. The summed E-state index contributed by atoms with van der Waals surface area (Å²) in [6, 6.07) is 9.26. The van der Waals surface area contributed by atoms with Gasteiger partial charge in [0.25, 0.3) is 5.91 Å². The zero-order chi connectivity index (χ0) is 13.7. The lowest BCUT2D eigenvalue weighted by molar-refractivity contribution is 0.0954. The molecule has 1 aromatic heterocycles. The molecule has 4 heteroatoms. The van der Waals surface area contributed by atoms with Crippen LogP contribution in [0.15, 0.2) is 35.7 Å². The second-order valence-electron chi connectivity index (χ2n) is 4.69. The van der Waals surface area contributed by atoms with Gasteiger partial charge in [-0.2, -0.15) is 0 Å². The first-order chi connectivity index (χ1) is 9.16.